The molecular weight excluding hydrogens is 246 g/mol. The van der Waals surface area contributed by atoms with E-state index >= 15 is 0 Å². The summed E-state index contributed by atoms with van der Waals surface area (Å²) in [6.45, 7) is 16.3. The molecule has 20 heavy (non-hydrogen) atoms. The van der Waals surface area contributed by atoms with Gasteiger partial charge in [0.05, 0.1) is 0 Å². The van der Waals surface area contributed by atoms with Crippen LogP contribution in [-0.4, -0.2) is 18.7 Å². The Morgan fingerprint density at radius 2 is 1.95 bits per heavy atom. The zero-order chi connectivity index (χ0) is 15.2. The molecule has 0 saturated heterocycles. The van der Waals surface area contributed by atoms with Crippen LogP contribution in [0.25, 0.3) is 0 Å². The largest absolute Gasteiger partial charge is 0.489 e. The number of benzene rings is 1. The lowest BCUT2D eigenvalue weighted by Gasteiger charge is -2.22. The van der Waals surface area contributed by atoms with E-state index in [0.717, 1.165) is 24.3 Å². The molecule has 0 amide bonds. The molecule has 0 aromatic heterocycles. The van der Waals surface area contributed by atoms with Gasteiger partial charge >= 0.3 is 0 Å². The van der Waals surface area contributed by atoms with Crippen molar-refractivity contribution in [3.05, 3.63) is 42.0 Å². The fraction of sp³-hybridized carbons (Fsp3) is 0.556. The summed E-state index contributed by atoms with van der Waals surface area (Å²) in [7, 11) is 0. The van der Waals surface area contributed by atoms with E-state index in [1.54, 1.807) is 0 Å². The molecule has 1 aromatic carbocycles. The van der Waals surface area contributed by atoms with E-state index in [2.05, 4.69) is 58.6 Å². The first-order valence-corrected chi connectivity index (χ1v) is 7.47. The Bertz CT molecular complexity index is 431. The van der Waals surface area contributed by atoms with Crippen molar-refractivity contribution >= 4 is 0 Å². The van der Waals surface area contributed by atoms with Crippen LogP contribution in [0.2, 0.25) is 0 Å². The van der Waals surface area contributed by atoms with Crippen LogP contribution < -0.4 is 10.1 Å². The van der Waals surface area contributed by atoms with E-state index in [0.29, 0.717) is 12.5 Å². The minimum Gasteiger partial charge on any atom is -0.489 e. The van der Waals surface area contributed by atoms with Crippen molar-refractivity contribution in [1.29, 1.82) is 0 Å². The van der Waals surface area contributed by atoms with E-state index in [9.17, 15) is 0 Å². The van der Waals surface area contributed by atoms with E-state index in [1.807, 2.05) is 12.1 Å². The summed E-state index contributed by atoms with van der Waals surface area (Å²) >= 11 is 0. The maximum absolute atomic E-state index is 5.95. The highest BCUT2D eigenvalue weighted by Crippen LogP contribution is 2.28. The standard InChI is InChI=1S/C18H29NO/c1-7-15(3)16-10-8-9-11-17(16)20-13-14(2)12-19-18(4,5)6/h8-11,15,19H,2,7,12-13H2,1,3-6H3. The molecule has 1 N–H and O–H groups in total. The number of hydrogen-bond acceptors (Lipinski definition) is 2. The molecule has 0 bridgehead atoms. The number of rotatable bonds is 7. The van der Waals surface area contributed by atoms with Crippen molar-refractivity contribution in [2.75, 3.05) is 13.2 Å². The number of para-hydroxylation sites is 1. The van der Waals surface area contributed by atoms with E-state index < -0.39 is 0 Å². The normalized spacial score (nSPS) is 13.1. The van der Waals surface area contributed by atoms with Gasteiger partial charge in [0.2, 0.25) is 0 Å². The van der Waals surface area contributed by atoms with Gasteiger partial charge in [0.25, 0.3) is 0 Å². The van der Waals surface area contributed by atoms with Crippen molar-refractivity contribution in [3.63, 3.8) is 0 Å². The van der Waals surface area contributed by atoms with Crippen LogP contribution in [-0.2, 0) is 0 Å². The third kappa shape index (κ3) is 5.79. The fourth-order valence-corrected chi connectivity index (χ4v) is 1.86. The van der Waals surface area contributed by atoms with Crippen LogP contribution in [0, 0.1) is 0 Å². The first kappa shape index (κ1) is 16.8. The summed E-state index contributed by atoms with van der Waals surface area (Å²) in [5.41, 5.74) is 2.46. The second-order valence-corrected chi connectivity index (χ2v) is 6.49. The van der Waals surface area contributed by atoms with Crippen LogP contribution in [0.1, 0.15) is 52.5 Å². The van der Waals surface area contributed by atoms with Crippen LogP contribution in [0.3, 0.4) is 0 Å². The summed E-state index contributed by atoms with van der Waals surface area (Å²) in [6, 6.07) is 8.30. The van der Waals surface area contributed by atoms with E-state index in [-0.39, 0.29) is 5.54 Å². The molecule has 0 heterocycles. The van der Waals surface area contributed by atoms with Gasteiger partial charge < -0.3 is 10.1 Å². The van der Waals surface area contributed by atoms with Crippen molar-refractivity contribution in [2.45, 2.75) is 52.5 Å². The van der Waals surface area contributed by atoms with Crippen molar-refractivity contribution in [1.82, 2.24) is 5.32 Å². The molecule has 0 aliphatic heterocycles. The van der Waals surface area contributed by atoms with Crippen molar-refractivity contribution < 1.29 is 4.74 Å². The molecule has 0 saturated carbocycles. The predicted molar refractivity (Wildman–Crippen MR) is 87.5 cm³/mol. The molecule has 0 radical (unpaired) electrons. The second kappa shape index (κ2) is 7.49. The van der Waals surface area contributed by atoms with Crippen LogP contribution in [0.15, 0.2) is 36.4 Å². The Hall–Kier alpha value is -1.28. The molecule has 2 nitrogen and oxygen atoms in total. The summed E-state index contributed by atoms with van der Waals surface area (Å²) in [6.07, 6.45) is 1.12. The average molecular weight is 275 g/mol. The van der Waals surface area contributed by atoms with Gasteiger partial charge in [-0.2, -0.15) is 0 Å². The molecule has 2 heteroatoms. The lowest BCUT2D eigenvalue weighted by atomic mass is 9.98. The lowest BCUT2D eigenvalue weighted by molar-refractivity contribution is 0.336. The topological polar surface area (TPSA) is 21.3 Å². The maximum Gasteiger partial charge on any atom is 0.123 e. The first-order chi connectivity index (χ1) is 9.33. The SMILES string of the molecule is C=C(CNC(C)(C)C)COc1ccccc1C(C)CC. The number of hydrogen-bond donors (Lipinski definition) is 1. The number of nitrogens with one attached hydrogen (secondary N) is 1. The monoisotopic (exact) mass is 275 g/mol. The average Bonchev–Trinajstić information content (AvgIpc) is 2.41. The van der Waals surface area contributed by atoms with Gasteiger partial charge in [0.15, 0.2) is 0 Å². The molecule has 0 fully saturated rings. The van der Waals surface area contributed by atoms with Gasteiger partial charge in [-0.15, -0.1) is 0 Å². The lowest BCUT2D eigenvalue weighted by Crippen LogP contribution is -2.37. The van der Waals surface area contributed by atoms with E-state index in [1.165, 1.54) is 5.56 Å². The van der Waals surface area contributed by atoms with Gasteiger partial charge in [0, 0.05) is 12.1 Å². The minimum atomic E-state index is 0.109. The maximum atomic E-state index is 5.95. The summed E-state index contributed by atoms with van der Waals surface area (Å²) < 4.78 is 5.95. The predicted octanol–water partition coefficient (Wildman–Crippen LogP) is 4.52. The summed E-state index contributed by atoms with van der Waals surface area (Å²) in [4.78, 5) is 0. The Morgan fingerprint density at radius 3 is 2.55 bits per heavy atom. The molecule has 1 atom stereocenters. The quantitative estimate of drug-likeness (QED) is 0.739. The highest BCUT2D eigenvalue weighted by molar-refractivity contribution is 5.36. The molecule has 0 aliphatic carbocycles. The molecule has 1 aromatic rings. The van der Waals surface area contributed by atoms with Gasteiger partial charge in [-0.05, 0) is 50.3 Å². The molecule has 112 valence electrons. The van der Waals surface area contributed by atoms with Gasteiger partial charge in [-0.25, -0.2) is 0 Å². The Morgan fingerprint density at radius 1 is 1.30 bits per heavy atom. The molecule has 1 unspecified atom stereocenters. The third-order valence-corrected chi connectivity index (χ3v) is 3.36. The van der Waals surface area contributed by atoms with E-state index in [4.69, 9.17) is 4.74 Å². The Balaban J connectivity index is 2.55. The molecular formula is C18H29NO. The van der Waals surface area contributed by atoms with Gasteiger partial charge in [0.1, 0.15) is 12.4 Å². The third-order valence-electron chi connectivity index (χ3n) is 3.36. The van der Waals surface area contributed by atoms with Crippen molar-refractivity contribution in [3.8, 4) is 5.75 Å². The summed E-state index contributed by atoms with van der Waals surface area (Å²) in [5.74, 6) is 1.51. The first-order valence-electron chi connectivity index (χ1n) is 7.47. The van der Waals surface area contributed by atoms with Gasteiger partial charge in [-0.3, -0.25) is 0 Å². The smallest absolute Gasteiger partial charge is 0.123 e. The molecule has 0 spiro atoms. The number of ether oxygens (including phenoxy) is 1. The summed E-state index contributed by atoms with van der Waals surface area (Å²) in [5, 5.41) is 3.43. The van der Waals surface area contributed by atoms with Gasteiger partial charge in [-0.1, -0.05) is 38.6 Å². The van der Waals surface area contributed by atoms with Crippen LogP contribution in [0.4, 0.5) is 0 Å². The second-order valence-electron chi connectivity index (χ2n) is 6.49. The minimum absolute atomic E-state index is 0.109. The highest BCUT2D eigenvalue weighted by atomic mass is 16.5. The highest BCUT2D eigenvalue weighted by Gasteiger charge is 2.11. The van der Waals surface area contributed by atoms with Crippen LogP contribution in [0.5, 0.6) is 5.75 Å². The molecule has 0 aliphatic rings. The Labute approximate surface area is 124 Å². The fourth-order valence-electron chi connectivity index (χ4n) is 1.86. The zero-order valence-corrected chi connectivity index (χ0v) is 13.6. The Kier molecular flexibility index (Phi) is 6.28. The zero-order valence-electron chi connectivity index (χ0n) is 13.6. The van der Waals surface area contributed by atoms with Crippen molar-refractivity contribution in [2.24, 2.45) is 0 Å². The molecule has 1 rings (SSSR count). The van der Waals surface area contributed by atoms with Crippen LogP contribution >= 0.6 is 0 Å².